The lowest BCUT2D eigenvalue weighted by molar-refractivity contribution is 0.209. The van der Waals surface area contributed by atoms with Crippen LogP contribution in [0.25, 0.3) is 17.1 Å². The van der Waals surface area contributed by atoms with E-state index in [9.17, 15) is 15.0 Å². The van der Waals surface area contributed by atoms with Gasteiger partial charge in [0.15, 0.2) is 5.82 Å². The number of rotatable bonds is 6. The van der Waals surface area contributed by atoms with Crippen molar-refractivity contribution in [2.24, 2.45) is 5.92 Å². The van der Waals surface area contributed by atoms with E-state index in [4.69, 9.17) is 4.74 Å². The lowest BCUT2D eigenvalue weighted by atomic mass is 9.90. The summed E-state index contributed by atoms with van der Waals surface area (Å²) in [7, 11) is 0. The summed E-state index contributed by atoms with van der Waals surface area (Å²) in [5.41, 5.74) is 1.24. The molecule has 1 saturated carbocycles. The Bertz CT molecular complexity index is 1090. The van der Waals surface area contributed by atoms with Crippen molar-refractivity contribution in [3.05, 3.63) is 52.4 Å². The number of aromatic amines is 1. The first-order chi connectivity index (χ1) is 14.9. The van der Waals surface area contributed by atoms with Crippen LogP contribution in [0.15, 0.2) is 41.2 Å². The van der Waals surface area contributed by atoms with E-state index in [1.165, 1.54) is 42.7 Å². The number of hydrogen-bond donors (Lipinski definition) is 3. The van der Waals surface area contributed by atoms with Crippen LogP contribution in [-0.2, 0) is 0 Å². The average molecular weight is 424 g/mol. The summed E-state index contributed by atoms with van der Waals surface area (Å²) < 4.78 is 7.36. The maximum atomic E-state index is 12.5. The van der Waals surface area contributed by atoms with Gasteiger partial charge in [0.25, 0.3) is 0 Å². The highest BCUT2D eigenvalue weighted by Gasteiger charge is 2.20. The number of ether oxygens (including phenoxy) is 1. The molecule has 1 fully saturated rings. The van der Waals surface area contributed by atoms with Crippen LogP contribution in [0.4, 0.5) is 0 Å². The average Bonchev–Trinajstić information content (AvgIpc) is 3.14. The first-order valence-corrected chi connectivity index (χ1v) is 10.9. The zero-order valence-electron chi connectivity index (χ0n) is 18.0. The lowest BCUT2D eigenvalue weighted by Gasteiger charge is -2.21. The largest absolute Gasteiger partial charge is 0.508 e. The number of phenols is 2. The predicted octanol–water partition coefficient (Wildman–Crippen LogP) is 4.72. The van der Waals surface area contributed by atoms with Crippen molar-refractivity contribution in [1.29, 1.82) is 0 Å². The number of nitrogens with zero attached hydrogens (tertiary/aromatic N) is 2. The summed E-state index contributed by atoms with van der Waals surface area (Å²) in [4.78, 5) is 12.5. The molecule has 0 atom stereocenters. The summed E-state index contributed by atoms with van der Waals surface area (Å²) in [5.74, 6) is 1.57. The molecule has 3 N–H and O–H groups in total. The molecule has 0 radical (unpaired) electrons. The van der Waals surface area contributed by atoms with E-state index in [1.807, 2.05) is 26.0 Å². The second-order valence-corrected chi connectivity index (χ2v) is 8.58. The van der Waals surface area contributed by atoms with Gasteiger partial charge in [-0.2, -0.15) is 5.10 Å². The minimum Gasteiger partial charge on any atom is -0.508 e. The third-order valence-electron chi connectivity index (χ3n) is 5.99. The molecule has 4 rings (SSSR count). The molecule has 0 spiro atoms. The van der Waals surface area contributed by atoms with Crippen LogP contribution in [-0.4, -0.2) is 31.6 Å². The fraction of sp³-hybridized carbons (Fsp3) is 0.417. The Hall–Kier alpha value is -3.22. The van der Waals surface area contributed by atoms with Crippen molar-refractivity contribution in [2.75, 3.05) is 6.61 Å². The highest BCUT2D eigenvalue weighted by molar-refractivity contribution is 5.69. The van der Waals surface area contributed by atoms with Crippen LogP contribution >= 0.6 is 0 Å². The molecule has 1 aromatic heterocycles. The minimum atomic E-state index is -0.413. The maximum absolute atomic E-state index is 12.5. The molecule has 1 heterocycles. The quantitative estimate of drug-likeness (QED) is 0.533. The smallest absolute Gasteiger partial charge is 0.348 e. The summed E-state index contributed by atoms with van der Waals surface area (Å²) in [6.45, 7) is 4.61. The van der Waals surface area contributed by atoms with E-state index < -0.39 is 5.69 Å². The minimum absolute atomic E-state index is 0.0140. The zero-order valence-corrected chi connectivity index (χ0v) is 18.0. The van der Waals surface area contributed by atoms with E-state index in [0.717, 1.165) is 12.4 Å². The van der Waals surface area contributed by atoms with E-state index in [2.05, 4.69) is 10.2 Å². The molecule has 2 aromatic carbocycles. The number of benzene rings is 2. The highest BCUT2D eigenvalue weighted by atomic mass is 16.5. The van der Waals surface area contributed by atoms with Gasteiger partial charge in [-0.15, -0.1) is 0 Å². The Labute approximate surface area is 181 Å². The third-order valence-corrected chi connectivity index (χ3v) is 5.99. The molecule has 1 aliphatic carbocycles. The standard InChI is InChI=1S/C24H29N3O4/c1-15(2)19-12-20(22(29)13-21(19)28)23-25-26-24(30)27(23)17-8-10-18(11-9-17)31-14-16-6-4-3-5-7-16/h8-13,15-16,28-29H,3-7,14H2,1-2H3,(H,26,30). The summed E-state index contributed by atoms with van der Waals surface area (Å²) in [6, 6.07) is 10.3. The Kier molecular flexibility index (Phi) is 6.02. The fourth-order valence-corrected chi connectivity index (χ4v) is 4.21. The Morgan fingerprint density at radius 1 is 1.10 bits per heavy atom. The van der Waals surface area contributed by atoms with Crippen LogP contribution in [0, 0.1) is 5.92 Å². The van der Waals surface area contributed by atoms with Crippen LogP contribution in [0.5, 0.6) is 17.2 Å². The van der Waals surface area contributed by atoms with Gasteiger partial charge in [-0.25, -0.2) is 14.5 Å². The molecule has 0 unspecified atom stereocenters. The number of aromatic hydroxyl groups is 2. The van der Waals surface area contributed by atoms with Crippen LogP contribution in [0.2, 0.25) is 0 Å². The molecule has 3 aromatic rings. The van der Waals surface area contributed by atoms with Crippen molar-refractivity contribution in [3.8, 4) is 34.3 Å². The van der Waals surface area contributed by atoms with Gasteiger partial charge in [0.05, 0.1) is 17.9 Å². The summed E-state index contributed by atoms with van der Waals surface area (Å²) >= 11 is 0. The second kappa shape index (κ2) is 8.88. The Balaban J connectivity index is 1.61. The van der Waals surface area contributed by atoms with Gasteiger partial charge in [0.1, 0.15) is 17.2 Å². The predicted molar refractivity (Wildman–Crippen MR) is 119 cm³/mol. The number of aromatic nitrogens is 3. The van der Waals surface area contributed by atoms with Crippen LogP contribution in [0.1, 0.15) is 57.4 Å². The topological polar surface area (TPSA) is 100 Å². The monoisotopic (exact) mass is 423 g/mol. The van der Waals surface area contributed by atoms with Gasteiger partial charge in [-0.3, -0.25) is 0 Å². The molecule has 0 bridgehead atoms. The van der Waals surface area contributed by atoms with Crippen molar-refractivity contribution >= 4 is 0 Å². The molecule has 0 aliphatic heterocycles. The number of H-pyrrole nitrogens is 1. The molecule has 164 valence electrons. The number of hydrogen-bond acceptors (Lipinski definition) is 5. The van der Waals surface area contributed by atoms with Gasteiger partial charge < -0.3 is 14.9 Å². The summed E-state index contributed by atoms with van der Waals surface area (Å²) in [5, 5.41) is 27.1. The van der Waals surface area contributed by atoms with Gasteiger partial charge >= 0.3 is 5.69 Å². The van der Waals surface area contributed by atoms with Crippen molar-refractivity contribution in [1.82, 2.24) is 14.8 Å². The lowest BCUT2D eigenvalue weighted by Crippen LogP contribution is -2.16. The fourth-order valence-electron chi connectivity index (χ4n) is 4.21. The van der Waals surface area contributed by atoms with E-state index in [-0.39, 0.29) is 23.2 Å². The van der Waals surface area contributed by atoms with Crippen LogP contribution < -0.4 is 10.4 Å². The van der Waals surface area contributed by atoms with Gasteiger partial charge in [-0.05, 0) is 60.6 Å². The normalized spacial score (nSPS) is 14.8. The van der Waals surface area contributed by atoms with Crippen molar-refractivity contribution in [3.63, 3.8) is 0 Å². The van der Waals surface area contributed by atoms with Crippen molar-refractivity contribution in [2.45, 2.75) is 51.9 Å². The second-order valence-electron chi connectivity index (χ2n) is 8.58. The SMILES string of the molecule is CC(C)c1cc(-c2n[nH]c(=O)n2-c2ccc(OCC3CCCCC3)cc2)c(O)cc1O. The molecule has 0 amide bonds. The summed E-state index contributed by atoms with van der Waals surface area (Å²) in [6.07, 6.45) is 6.33. The number of phenolic OH excluding ortho intramolecular Hbond substituents is 2. The number of nitrogens with one attached hydrogen (secondary N) is 1. The Morgan fingerprint density at radius 3 is 2.48 bits per heavy atom. The Morgan fingerprint density at radius 2 is 1.81 bits per heavy atom. The molecule has 7 heteroatoms. The van der Waals surface area contributed by atoms with Crippen LogP contribution in [0.3, 0.4) is 0 Å². The van der Waals surface area contributed by atoms with E-state index in [0.29, 0.717) is 22.7 Å². The zero-order chi connectivity index (χ0) is 22.0. The van der Waals surface area contributed by atoms with E-state index >= 15 is 0 Å². The highest BCUT2D eigenvalue weighted by Crippen LogP contribution is 2.37. The van der Waals surface area contributed by atoms with Gasteiger partial charge in [-0.1, -0.05) is 33.1 Å². The molecule has 7 nitrogen and oxygen atoms in total. The molecular formula is C24H29N3O4. The van der Waals surface area contributed by atoms with E-state index in [1.54, 1.807) is 18.2 Å². The molecular weight excluding hydrogens is 394 g/mol. The molecule has 1 aliphatic rings. The molecule has 31 heavy (non-hydrogen) atoms. The van der Waals surface area contributed by atoms with Crippen molar-refractivity contribution < 1.29 is 14.9 Å². The molecule has 0 saturated heterocycles. The first kappa shape index (κ1) is 21.0. The third kappa shape index (κ3) is 4.45. The van der Waals surface area contributed by atoms with Gasteiger partial charge in [0, 0.05) is 6.07 Å². The maximum Gasteiger partial charge on any atom is 0.348 e. The van der Waals surface area contributed by atoms with Gasteiger partial charge in [0.2, 0.25) is 0 Å². The first-order valence-electron chi connectivity index (χ1n) is 10.9.